The van der Waals surface area contributed by atoms with Crippen LogP contribution in [0.4, 0.5) is 5.69 Å². The zero-order valence-electron chi connectivity index (χ0n) is 20.2. The Morgan fingerprint density at radius 2 is 1.94 bits per heavy atom. The van der Waals surface area contributed by atoms with Gasteiger partial charge in [0.25, 0.3) is 0 Å². The van der Waals surface area contributed by atoms with Crippen molar-refractivity contribution in [3.05, 3.63) is 76.5 Å². The van der Waals surface area contributed by atoms with Crippen LogP contribution in [0.5, 0.6) is 0 Å². The molecule has 9 heteroatoms. The van der Waals surface area contributed by atoms with Crippen molar-refractivity contribution < 1.29 is 14.3 Å². The number of nitrogens with zero attached hydrogens (tertiary/aromatic N) is 6. The van der Waals surface area contributed by atoms with Crippen molar-refractivity contribution in [3.63, 3.8) is 0 Å². The van der Waals surface area contributed by atoms with Gasteiger partial charge < -0.3 is 14.1 Å². The van der Waals surface area contributed by atoms with Gasteiger partial charge in [0.1, 0.15) is 0 Å². The Hall–Kier alpha value is -4.13. The lowest BCUT2D eigenvalue weighted by Crippen LogP contribution is -2.39. The molecule has 0 radical (unpaired) electrons. The van der Waals surface area contributed by atoms with Gasteiger partial charge in [0.05, 0.1) is 35.8 Å². The van der Waals surface area contributed by atoms with Gasteiger partial charge >= 0.3 is 0 Å². The van der Waals surface area contributed by atoms with E-state index < -0.39 is 0 Å². The molecule has 182 valence electrons. The quantitative estimate of drug-likeness (QED) is 0.321. The van der Waals surface area contributed by atoms with Crippen LogP contribution in [-0.4, -0.2) is 61.3 Å². The maximum atomic E-state index is 13.5. The number of piperidine rings is 1. The minimum Gasteiger partial charge on any atom is -0.422 e. The number of fused-ring (bicyclic) bond motifs is 1. The highest BCUT2D eigenvalue weighted by atomic mass is 16.4. The lowest BCUT2D eigenvalue weighted by Gasteiger charge is -2.28. The second-order valence-corrected chi connectivity index (χ2v) is 8.98. The number of Topliss-reactive ketones (excluding diaryl/α,β-unsaturated/α-hetero) is 1. The second kappa shape index (κ2) is 9.85. The molecule has 0 amide bonds. The van der Waals surface area contributed by atoms with E-state index in [1.807, 2.05) is 35.8 Å². The minimum absolute atomic E-state index is 0.00236. The van der Waals surface area contributed by atoms with Crippen LogP contribution in [0.2, 0.25) is 0 Å². The molecule has 1 fully saturated rings. The van der Waals surface area contributed by atoms with Gasteiger partial charge in [-0.25, -0.2) is 4.85 Å². The number of aliphatic hydroxyl groups excluding tert-OH is 1. The molecule has 4 aromatic rings. The molecule has 5 rings (SSSR count). The lowest BCUT2D eigenvalue weighted by molar-refractivity contribution is 0.0711. The third-order valence-electron chi connectivity index (χ3n) is 6.46. The molecule has 0 aliphatic carbocycles. The Balaban J connectivity index is 1.57. The standard InChI is InChI=1S/C27H26N6O3/c1-17-26(24(35)16-32-12-10-22(34)11-13-32)27-23(33(17)21-7-5-20(28-3)6-8-21)14-19(15-29-27)4-9-25-31-30-18(2)36-25/h4-9,14-15,22,34H,10-13,16H2,1-2H3/b9-4+. The van der Waals surface area contributed by atoms with Crippen LogP contribution >= 0.6 is 0 Å². The molecule has 3 aromatic heterocycles. The van der Waals surface area contributed by atoms with Crippen LogP contribution in [0.3, 0.4) is 0 Å². The number of rotatable bonds is 6. The summed E-state index contributed by atoms with van der Waals surface area (Å²) in [5.41, 5.74) is 5.03. The van der Waals surface area contributed by atoms with E-state index in [4.69, 9.17) is 16.0 Å². The smallest absolute Gasteiger partial charge is 0.240 e. The van der Waals surface area contributed by atoms with Gasteiger partial charge in [-0.05, 0) is 49.6 Å². The average molecular weight is 483 g/mol. The van der Waals surface area contributed by atoms with E-state index in [2.05, 4.69) is 19.9 Å². The number of aromatic nitrogens is 4. The fourth-order valence-electron chi connectivity index (χ4n) is 4.64. The summed E-state index contributed by atoms with van der Waals surface area (Å²) in [6.45, 7) is 12.6. The monoisotopic (exact) mass is 482 g/mol. The van der Waals surface area contributed by atoms with E-state index in [9.17, 15) is 9.90 Å². The third kappa shape index (κ3) is 4.69. The Morgan fingerprint density at radius 3 is 2.61 bits per heavy atom. The van der Waals surface area contributed by atoms with Gasteiger partial charge in [0.15, 0.2) is 11.5 Å². The second-order valence-electron chi connectivity index (χ2n) is 8.98. The van der Waals surface area contributed by atoms with E-state index >= 15 is 0 Å². The highest BCUT2D eigenvalue weighted by Gasteiger charge is 2.25. The number of hydrogen-bond acceptors (Lipinski definition) is 7. The Kier molecular flexibility index (Phi) is 6.46. The molecule has 1 aliphatic rings. The third-order valence-corrected chi connectivity index (χ3v) is 6.46. The molecule has 0 unspecified atom stereocenters. The number of likely N-dealkylation sites (tertiary alicyclic amines) is 1. The highest BCUT2D eigenvalue weighted by molar-refractivity contribution is 6.09. The van der Waals surface area contributed by atoms with Crippen molar-refractivity contribution in [1.82, 2.24) is 24.6 Å². The zero-order chi connectivity index (χ0) is 25.2. The predicted octanol–water partition coefficient (Wildman–Crippen LogP) is 4.39. The number of ketones is 1. The van der Waals surface area contributed by atoms with E-state index in [1.165, 1.54) is 0 Å². The number of aliphatic hydroxyl groups is 1. The van der Waals surface area contributed by atoms with Crippen molar-refractivity contribution in [2.75, 3.05) is 19.6 Å². The average Bonchev–Trinajstić information content (AvgIpc) is 3.43. The van der Waals surface area contributed by atoms with Crippen LogP contribution in [-0.2, 0) is 0 Å². The summed E-state index contributed by atoms with van der Waals surface area (Å²) < 4.78 is 7.43. The summed E-state index contributed by atoms with van der Waals surface area (Å²) >= 11 is 0. The first-order chi connectivity index (χ1) is 17.4. The molecule has 4 heterocycles. The van der Waals surface area contributed by atoms with Crippen molar-refractivity contribution in [2.24, 2.45) is 0 Å². The van der Waals surface area contributed by atoms with Crippen LogP contribution < -0.4 is 0 Å². The van der Waals surface area contributed by atoms with Crippen LogP contribution in [0.25, 0.3) is 33.7 Å². The highest BCUT2D eigenvalue weighted by Crippen LogP contribution is 2.30. The minimum atomic E-state index is -0.289. The summed E-state index contributed by atoms with van der Waals surface area (Å²) in [6.07, 6.45) is 6.35. The Morgan fingerprint density at radius 1 is 1.19 bits per heavy atom. The van der Waals surface area contributed by atoms with Gasteiger partial charge in [-0.1, -0.05) is 12.1 Å². The fourth-order valence-corrected chi connectivity index (χ4v) is 4.64. The molecular formula is C27H26N6O3. The van der Waals surface area contributed by atoms with E-state index in [1.54, 1.807) is 31.3 Å². The number of pyridine rings is 1. The van der Waals surface area contributed by atoms with Gasteiger partial charge in [0, 0.05) is 43.7 Å². The molecule has 0 spiro atoms. The predicted molar refractivity (Wildman–Crippen MR) is 136 cm³/mol. The van der Waals surface area contributed by atoms with Crippen molar-refractivity contribution in [2.45, 2.75) is 32.8 Å². The SMILES string of the molecule is [C-]#[N+]c1ccc(-n2c(C)c(C(=O)CN3CCC(O)CC3)c3ncc(/C=C/c4nnc(C)o4)cc32)cc1. The van der Waals surface area contributed by atoms with E-state index in [0.29, 0.717) is 54.5 Å². The van der Waals surface area contributed by atoms with E-state index in [0.717, 1.165) is 22.5 Å². The van der Waals surface area contributed by atoms with Crippen LogP contribution in [0.15, 0.2) is 40.9 Å². The first-order valence-corrected chi connectivity index (χ1v) is 11.8. The maximum Gasteiger partial charge on any atom is 0.240 e. The molecule has 36 heavy (non-hydrogen) atoms. The topological polar surface area (TPSA) is 102 Å². The molecule has 1 N–H and O–H groups in total. The molecule has 0 saturated carbocycles. The zero-order valence-corrected chi connectivity index (χ0v) is 20.2. The largest absolute Gasteiger partial charge is 0.422 e. The van der Waals surface area contributed by atoms with Crippen LogP contribution in [0, 0.1) is 20.4 Å². The first-order valence-electron chi connectivity index (χ1n) is 11.8. The molecule has 1 aromatic carbocycles. The summed E-state index contributed by atoms with van der Waals surface area (Å²) in [6, 6.07) is 9.27. The van der Waals surface area contributed by atoms with Crippen molar-refractivity contribution >= 4 is 34.7 Å². The Bertz CT molecular complexity index is 1480. The Labute approximate surface area is 208 Å². The molecule has 1 aliphatic heterocycles. The summed E-state index contributed by atoms with van der Waals surface area (Å²) in [5.74, 6) is 0.890. The fraction of sp³-hybridized carbons (Fsp3) is 0.296. The lowest BCUT2D eigenvalue weighted by atomic mass is 10.1. The summed E-state index contributed by atoms with van der Waals surface area (Å²) in [5, 5.41) is 17.6. The normalized spacial score (nSPS) is 15.1. The number of hydrogen-bond donors (Lipinski definition) is 1. The number of carbonyl (C=O) groups excluding carboxylic acids is 1. The molecule has 9 nitrogen and oxygen atoms in total. The van der Waals surface area contributed by atoms with E-state index in [-0.39, 0.29) is 18.4 Å². The summed E-state index contributed by atoms with van der Waals surface area (Å²) in [7, 11) is 0. The number of aryl methyl sites for hydroxylation is 1. The molecule has 0 atom stereocenters. The number of carbonyl (C=O) groups is 1. The van der Waals surface area contributed by atoms with Gasteiger partial charge in [-0.3, -0.25) is 14.7 Å². The molecule has 1 saturated heterocycles. The van der Waals surface area contributed by atoms with Gasteiger partial charge in [-0.2, -0.15) is 0 Å². The molecular weight excluding hydrogens is 456 g/mol. The van der Waals surface area contributed by atoms with Gasteiger partial charge in [0.2, 0.25) is 11.8 Å². The summed E-state index contributed by atoms with van der Waals surface area (Å²) in [4.78, 5) is 23.8. The maximum absolute atomic E-state index is 13.5. The first kappa shape index (κ1) is 23.6. The van der Waals surface area contributed by atoms with Crippen molar-refractivity contribution in [1.29, 1.82) is 0 Å². The van der Waals surface area contributed by atoms with Crippen LogP contribution in [0.1, 0.15) is 46.2 Å². The molecule has 0 bridgehead atoms. The number of benzene rings is 1. The van der Waals surface area contributed by atoms with Gasteiger partial charge in [-0.15, -0.1) is 10.2 Å². The van der Waals surface area contributed by atoms with Crippen molar-refractivity contribution in [3.8, 4) is 5.69 Å².